The molecule has 1 N–H and O–H groups in total. The molecule has 3 aromatic rings. The van der Waals surface area contributed by atoms with Crippen LogP contribution in [0.4, 0.5) is 0 Å². The highest BCUT2D eigenvalue weighted by Crippen LogP contribution is 2.30. The number of thioether (sulfide) groups is 1. The van der Waals surface area contributed by atoms with Gasteiger partial charge >= 0.3 is 0 Å². The largest absolute Gasteiger partial charge is 0.544 e. The molecule has 8 heteroatoms. The summed E-state index contributed by atoms with van der Waals surface area (Å²) in [6.07, 6.45) is 1.38. The Morgan fingerprint density at radius 1 is 1.32 bits per heavy atom. The quantitative estimate of drug-likeness (QED) is 0.544. The van der Waals surface area contributed by atoms with E-state index in [0.29, 0.717) is 27.5 Å². The molecule has 2 aromatic heterocycles. The van der Waals surface area contributed by atoms with Gasteiger partial charge in [0.05, 0.1) is 5.97 Å². The van der Waals surface area contributed by atoms with Gasteiger partial charge in [-0.1, -0.05) is 17.7 Å². The third kappa shape index (κ3) is 4.12. The smallest absolute Gasteiger partial charge is 0.213 e. The van der Waals surface area contributed by atoms with E-state index in [1.54, 1.807) is 31.2 Å². The van der Waals surface area contributed by atoms with Crippen molar-refractivity contribution in [1.29, 1.82) is 0 Å². The third-order valence-corrected chi connectivity index (χ3v) is 4.45. The van der Waals surface area contributed by atoms with E-state index in [0.717, 1.165) is 22.9 Å². The molecule has 0 radical (unpaired) electrons. The minimum atomic E-state index is -1.33. The number of aromatic nitrogens is 3. The van der Waals surface area contributed by atoms with Crippen molar-refractivity contribution in [2.75, 3.05) is 0 Å². The number of nitrogens with zero attached hydrogens (tertiary/aromatic N) is 2. The number of hydrogen-bond acceptors (Lipinski definition) is 6. The number of aliphatic carboxylic acids is 1. The normalized spacial score (nSPS) is 11.7. The van der Waals surface area contributed by atoms with Gasteiger partial charge in [-0.25, -0.2) is 4.98 Å². The molecule has 128 valence electrons. The fourth-order valence-electron chi connectivity index (χ4n) is 2.16. The molecule has 0 atom stereocenters. The number of halogens is 1. The molecule has 3 rings (SSSR count). The SMILES string of the molecule is Cc1nc(S/C(=C\c2ccc(-c3cc(Cl)ccc3C)o2)C(=O)[O-])n[nH]1. The summed E-state index contributed by atoms with van der Waals surface area (Å²) in [4.78, 5) is 15.4. The Morgan fingerprint density at radius 2 is 2.12 bits per heavy atom. The highest BCUT2D eigenvalue weighted by molar-refractivity contribution is 8.04. The third-order valence-electron chi connectivity index (χ3n) is 3.34. The number of carboxylic acid groups (broad SMARTS) is 1. The lowest BCUT2D eigenvalue weighted by molar-refractivity contribution is -0.298. The minimum Gasteiger partial charge on any atom is -0.544 e. The van der Waals surface area contributed by atoms with Gasteiger partial charge < -0.3 is 14.3 Å². The van der Waals surface area contributed by atoms with Crippen LogP contribution in [0.15, 0.2) is 44.8 Å². The molecule has 0 aliphatic heterocycles. The first-order valence-electron chi connectivity index (χ1n) is 7.28. The van der Waals surface area contributed by atoms with Crippen LogP contribution in [0.25, 0.3) is 17.4 Å². The maximum absolute atomic E-state index is 11.4. The molecule has 0 saturated heterocycles. The van der Waals surface area contributed by atoms with E-state index in [2.05, 4.69) is 15.2 Å². The van der Waals surface area contributed by atoms with Gasteiger partial charge in [0, 0.05) is 15.5 Å². The maximum atomic E-state index is 11.4. The highest BCUT2D eigenvalue weighted by atomic mass is 35.5. The van der Waals surface area contributed by atoms with Crippen molar-refractivity contribution in [3.63, 3.8) is 0 Å². The molecule has 6 nitrogen and oxygen atoms in total. The molecule has 0 amide bonds. The zero-order valence-electron chi connectivity index (χ0n) is 13.4. The van der Waals surface area contributed by atoms with Crippen LogP contribution in [-0.4, -0.2) is 21.2 Å². The maximum Gasteiger partial charge on any atom is 0.213 e. The second-order valence-corrected chi connectivity index (χ2v) is 6.71. The Hall–Kier alpha value is -2.51. The first kappa shape index (κ1) is 17.3. The summed E-state index contributed by atoms with van der Waals surface area (Å²) in [6, 6.07) is 8.94. The number of H-pyrrole nitrogens is 1. The van der Waals surface area contributed by atoms with Gasteiger partial charge in [0.25, 0.3) is 0 Å². The summed E-state index contributed by atoms with van der Waals surface area (Å²) in [7, 11) is 0. The van der Waals surface area contributed by atoms with Crippen LogP contribution >= 0.6 is 23.4 Å². The van der Waals surface area contributed by atoms with Gasteiger partial charge in [-0.05, 0) is 61.5 Å². The lowest BCUT2D eigenvalue weighted by Gasteiger charge is -2.05. The van der Waals surface area contributed by atoms with Crippen LogP contribution < -0.4 is 5.11 Å². The molecule has 25 heavy (non-hydrogen) atoms. The number of carbonyl (C=O) groups is 1. The van der Waals surface area contributed by atoms with E-state index in [1.807, 2.05) is 13.0 Å². The molecular weight excluding hydrogens is 362 g/mol. The number of furan rings is 1. The number of carbonyl (C=O) groups excluding carboxylic acids is 1. The van der Waals surface area contributed by atoms with Crippen LogP contribution in [0.2, 0.25) is 5.02 Å². The summed E-state index contributed by atoms with van der Waals surface area (Å²) < 4.78 is 5.74. The Bertz CT molecular complexity index is 962. The first-order valence-corrected chi connectivity index (χ1v) is 8.48. The molecule has 2 heterocycles. The van der Waals surface area contributed by atoms with Crippen LogP contribution in [0, 0.1) is 13.8 Å². The second kappa shape index (κ2) is 7.16. The fraction of sp³-hybridized carbons (Fsp3) is 0.118. The van der Waals surface area contributed by atoms with Crippen LogP contribution in [0.1, 0.15) is 17.1 Å². The first-order chi connectivity index (χ1) is 11.9. The number of aryl methyl sites for hydroxylation is 2. The molecule has 0 aliphatic carbocycles. The van der Waals surface area contributed by atoms with Crippen molar-refractivity contribution >= 4 is 35.4 Å². The Kier molecular flexibility index (Phi) is 4.96. The van der Waals surface area contributed by atoms with E-state index >= 15 is 0 Å². The topological polar surface area (TPSA) is 94.8 Å². The summed E-state index contributed by atoms with van der Waals surface area (Å²) in [6.45, 7) is 3.67. The number of aromatic amines is 1. The predicted octanol–water partition coefficient (Wildman–Crippen LogP) is 3.22. The van der Waals surface area contributed by atoms with Gasteiger partial charge in [0.15, 0.2) is 0 Å². The molecule has 0 bridgehead atoms. The van der Waals surface area contributed by atoms with Crippen LogP contribution in [0.5, 0.6) is 0 Å². The number of nitrogens with one attached hydrogen (secondary N) is 1. The Balaban J connectivity index is 1.90. The van der Waals surface area contributed by atoms with E-state index < -0.39 is 5.97 Å². The fourth-order valence-corrected chi connectivity index (χ4v) is 3.06. The van der Waals surface area contributed by atoms with E-state index in [1.165, 1.54) is 6.08 Å². The average molecular weight is 375 g/mol. The zero-order chi connectivity index (χ0) is 18.0. The van der Waals surface area contributed by atoms with Gasteiger partial charge in [-0.2, -0.15) is 0 Å². The van der Waals surface area contributed by atoms with Crippen molar-refractivity contribution in [2.24, 2.45) is 0 Å². The molecule has 0 unspecified atom stereocenters. The van der Waals surface area contributed by atoms with Gasteiger partial charge in [0.2, 0.25) is 5.16 Å². The second-order valence-electron chi connectivity index (χ2n) is 5.26. The van der Waals surface area contributed by atoms with Crippen molar-refractivity contribution < 1.29 is 14.3 Å². The van der Waals surface area contributed by atoms with E-state index in [4.69, 9.17) is 16.0 Å². The number of hydrogen-bond donors (Lipinski definition) is 1. The van der Waals surface area contributed by atoms with Crippen molar-refractivity contribution in [1.82, 2.24) is 15.2 Å². The summed E-state index contributed by atoms with van der Waals surface area (Å²) in [5.74, 6) is 0.247. The summed E-state index contributed by atoms with van der Waals surface area (Å²) in [5.41, 5.74) is 1.85. The zero-order valence-corrected chi connectivity index (χ0v) is 14.9. The minimum absolute atomic E-state index is 0.0530. The molecule has 0 spiro atoms. The monoisotopic (exact) mass is 374 g/mol. The molecule has 0 aliphatic rings. The number of benzene rings is 1. The molecule has 0 fully saturated rings. The molecule has 1 aromatic carbocycles. The predicted molar refractivity (Wildman–Crippen MR) is 93.9 cm³/mol. The van der Waals surface area contributed by atoms with E-state index in [-0.39, 0.29) is 4.91 Å². The number of carboxylic acids is 1. The van der Waals surface area contributed by atoms with E-state index in [9.17, 15) is 9.90 Å². The van der Waals surface area contributed by atoms with Gasteiger partial charge in [-0.3, -0.25) is 5.10 Å². The summed E-state index contributed by atoms with van der Waals surface area (Å²) >= 11 is 6.92. The molecule has 0 saturated carbocycles. The standard InChI is InChI=1S/C17H14ClN3O3S/c1-9-3-4-11(18)7-13(9)14-6-5-12(24-14)8-15(16(22)23)25-17-19-10(2)20-21-17/h3-8H,1-2H3,(H,22,23)(H,19,20,21)/p-1/b15-8-. The van der Waals surface area contributed by atoms with Crippen LogP contribution in [-0.2, 0) is 4.79 Å². The molecular formula is C17H13ClN3O3S-. The van der Waals surface area contributed by atoms with Crippen LogP contribution in [0.3, 0.4) is 0 Å². The summed E-state index contributed by atoms with van der Waals surface area (Å²) in [5, 5.41) is 18.8. The average Bonchev–Trinajstić information content (AvgIpc) is 3.18. The Morgan fingerprint density at radius 3 is 2.80 bits per heavy atom. The lowest BCUT2D eigenvalue weighted by atomic mass is 10.1. The van der Waals surface area contributed by atoms with Crippen molar-refractivity contribution in [2.45, 2.75) is 19.0 Å². The highest BCUT2D eigenvalue weighted by Gasteiger charge is 2.11. The van der Waals surface area contributed by atoms with Crippen molar-refractivity contribution in [3.8, 4) is 11.3 Å². The lowest BCUT2D eigenvalue weighted by Crippen LogP contribution is -2.23. The Labute approximate surface area is 152 Å². The van der Waals surface area contributed by atoms with Gasteiger partial charge in [0.1, 0.15) is 17.3 Å². The number of rotatable bonds is 5. The van der Waals surface area contributed by atoms with Gasteiger partial charge in [-0.15, -0.1) is 5.10 Å². The van der Waals surface area contributed by atoms with Crippen molar-refractivity contribution in [3.05, 3.63) is 57.4 Å².